The molecule has 0 saturated carbocycles. The second-order valence-electron chi connectivity index (χ2n) is 10.6. The summed E-state index contributed by atoms with van der Waals surface area (Å²) in [5.41, 5.74) is 1.85. The van der Waals surface area contributed by atoms with Crippen LogP contribution in [-0.2, 0) is 0 Å². The van der Waals surface area contributed by atoms with Gasteiger partial charge in [0.1, 0.15) is 17.1 Å². The summed E-state index contributed by atoms with van der Waals surface area (Å²) in [6.45, 7) is 16.2. The lowest BCUT2D eigenvalue weighted by Gasteiger charge is -2.37. The lowest BCUT2D eigenvalue weighted by atomic mass is 9.78. The number of piperidine rings is 1. The number of hydrogen-bond acceptors (Lipinski definition) is 6. The normalized spacial score (nSPS) is 17.7. The van der Waals surface area contributed by atoms with Crippen molar-refractivity contribution in [2.75, 3.05) is 19.6 Å². The number of imidazole rings is 1. The van der Waals surface area contributed by atoms with Gasteiger partial charge in [-0.05, 0) is 96.6 Å². The molecular weight excluding hydrogens is 498 g/mol. The number of rotatable bonds is 9. The van der Waals surface area contributed by atoms with E-state index in [1.165, 1.54) is 6.07 Å². The highest BCUT2D eigenvalue weighted by atomic mass is 19.1. The molecule has 2 aromatic heterocycles. The third-order valence-electron chi connectivity index (χ3n) is 7.63. The Morgan fingerprint density at radius 3 is 2.51 bits per heavy atom. The van der Waals surface area contributed by atoms with Crippen molar-refractivity contribution in [3.05, 3.63) is 65.3 Å². The van der Waals surface area contributed by atoms with Gasteiger partial charge in [0, 0.05) is 23.7 Å². The maximum atomic E-state index is 15.2. The first kappa shape index (κ1) is 28.7. The molecule has 2 atom stereocenters. The Hall–Kier alpha value is -3.30. The quantitative estimate of drug-likeness (QED) is 0.326. The van der Waals surface area contributed by atoms with Crippen molar-refractivity contribution in [1.82, 2.24) is 19.4 Å². The summed E-state index contributed by atoms with van der Waals surface area (Å²) in [5.74, 6) is -0.0842. The van der Waals surface area contributed by atoms with Crippen molar-refractivity contribution < 1.29 is 13.9 Å². The molecule has 9 heteroatoms. The number of pyridine rings is 1. The highest BCUT2D eigenvalue weighted by Gasteiger charge is 2.30. The zero-order valence-electron chi connectivity index (χ0n) is 23.4. The van der Waals surface area contributed by atoms with Gasteiger partial charge < -0.3 is 14.6 Å². The molecule has 0 bridgehead atoms. The van der Waals surface area contributed by atoms with Crippen LogP contribution in [0, 0.1) is 18.7 Å². The molecule has 7 nitrogen and oxygen atoms in total. The molecule has 0 spiro atoms. The van der Waals surface area contributed by atoms with Crippen LogP contribution in [0.5, 0.6) is 0 Å². The number of hydrogen-bond donors (Lipinski definition) is 1. The number of aliphatic imine (C=N–C) groups is 2. The van der Waals surface area contributed by atoms with Crippen LogP contribution in [0.2, 0.25) is 0 Å². The Morgan fingerprint density at radius 2 is 1.95 bits per heavy atom. The number of fused-ring (bicyclic) bond motifs is 1. The number of aliphatic hydroxyl groups is 1. The van der Waals surface area contributed by atoms with Crippen molar-refractivity contribution in [3.8, 4) is 0 Å². The van der Waals surface area contributed by atoms with Crippen molar-refractivity contribution in [2.24, 2.45) is 15.9 Å². The van der Waals surface area contributed by atoms with Crippen LogP contribution in [0.25, 0.3) is 11.0 Å². The van der Waals surface area contributed by atoms with Gasteiger partial charge in [-0.25, -0.2) is 23.7 Å². The predicted octanol–water partition coefficient (Wildman–Crippen LogP) is 6.29. The van der Waals surface area contributed by atoms with E-state index in [4.69, 9.17) is 0 Å². The molecule has 0 aliphatic carbocycles. The van der Waals surface area contributed by atoms with Gasteiger partial charge in [0.15, 0.2) is 17.5 Å². The number of aliphatic hydroxyl groups excluding tert-OH is 1. The van der Waals surface area contributed by atoms with E-state index < -0.39 is 17.7 Å². The first-order valence-corrected chi connectivity index (χ1v) is 13.6. The number of halogens is 2. The zero-order valence-corrected chi connectivity index (χ0v) is 23.4. The second-order valence-corrected chi connectivity index (χ2v) is 10.6. The van der Waals surface area contributed by atoms with Gasteiger partial charge in [-0.3, -0.25) is 4.99 Å². The Kier molecular flexibility index (Phi) is 9.02. The number of benzene rings is 1. The van der Waals surface area contributed by atoms with E-state index in [0.29, 0.717) is 17.3 Å². The third kappa shape index (κ3) is 6.15. The van der Waals surface area contributed by atoms with Crippen molar-refractivity contribution in [1.29, 1.82) is 0 Å². The van der Waals surface area contributed by atoms with E-state index in [0.717, 1.165) is 44.2 Å². The highest BCUT2D eigenvalue weighted by molar-refractivity contribution is 6.13. The minimum absolute atomic E-state index is 0.0329. The van der Waals surface area contributed by atoms with Crippen molar-refractivity contribution in [3.63, 3.8) is 0 Å². The molecule has 1 aromatic carbocycles. The van der Waals surface area contributed by atoms with Crippen LogP contribution in [0.1, 0.15) is 69.4 Å². The number of aromatic nitrogens is 3. The van der Waals surface area contributed by atoms with E-state index >= 15 is 8.78 Å². The summed E-state index contributed by atoms with van der Waals surface area (Å²) < 4.78 is 32.3. The molecule has 0 amide bonds. The van der Waals surface area contributed by atoms with E-state index in [9.17, 15) is 5.11 Å². The molecule has 1 N–H and O–H groups in total. The standard InChI is InChI=1S/C30H38F2N6O/c1-7-37-12-10-21(11-13-37)28(19(4)39)22-8-9-27(34-16-22)36-29(25(32)17-33-6)23-14-24(31)30-26(15-23)38(18(2)3)20(5)35-30/h8-9,14-19,21,28,39H,6-7,10-13H2,1-5H3/b25-17+,36-29?. The summed E-state index contributed by atoms with van der Waals surface area (Å²) in [4.78, 5) is 19.3. The van der Waals surface area contributed by atoms with Gasteiger partial charge in [-0.2, -0.15) is 0 Å². The molecule has 1 fully saturated rings. The SMILES string of the molecule is C=N/C=C(/F)C(=Nc1ccc(C(C(C)O)C2CCN(CC)CC2)cn1)c1cc(F)c2nc(C)n(C(C)C)c2c1. The lowest BCUT2D eigenvalue weighted by molar-refractivity contribution is 0.0947. The Bertz CT molecular complexity index is 1370. The summed E-state index contributed by atoms with van der Waals surface area (Å²) in [7, 11) is 0. The summed E-state index contributed by atoms with van der Waals surface area (Å²) >= 11 is 0. The van der Waals surface area contributed by atoms with E-state index in [1.54, 1.807) is 18.3 Å². The predicted molar refractivity (Wildman–Crippen MR) is 153 cm³/mol. The molecule has 1 saturated heterocycles. The van der Waals surface area contributed by atoms with E-state index in [-0.39, 0.29) is 34.6 Å². The molecule has 4 rings (SSSR count). The summed E-state index contributed by atoms with van der Waals surface area (Å²) in [6.07, 6.45) is 4.15. The van der Waals surface area contributed by atoms with Crippen LogP contribution in [0.3, 0.4) is 0 Å². The average molecular weight is 537 g/mol. The molecular formula is C30H38F2N6O. The second kappa shape index (κ2) is 12.3. The fourth-order valence-electron chi connectivity index (χ4n) is 5.80. The number of likely N-dealkylation sites (tertiary alicyclic amines) is 1. The van der Waals surface area contributed by atoms with Gasteiger partial charge in [0.05, 0.1) is 17.8 Å². The Morgan fingerprint density at radius 1 is 1.23 bits per heavy atom. The molecule has 0 radical (unpaired) electrons. The molecule has 1 aliphatic rings. The first-order valence-electron chi connectivity index (χ1n) is 13.6. The fraction of sp³-hybridized carbons (Fsp3) is 0.467. The van der Waals surface area contributed by atoms with Crippen molar-refractivity contribution >= 4 is 29.3 Å². The number of nitrogens with zero attached hydrogens (tertiary/aromatic N) is 6. The van der Waals surface area contributed by atoms with Crippen LogP contribution >= 0.6 is 0 Å². The molecule has 3 heterocycles. The first-order chi connectivity index (χ1) is 18.6. The zero-order chi connectivity index (χ0) is 28.3. The summed E-state index contributed by atoms with van der Waals surface area (Å²) in [6, 6.07) is 6.55. The van der Waals surface area contributed by atoms with Crippen LogP contribution in [0.4, 0.5) is 14.6 Å². The highest BCUT2D eigenvalue weighted by Crippen LogP contribution is 2.36. The van der Waals surface area contributed by atoms with E-state index in [2.05, 4.69) is 38.5 Å². The smallest absolute Gasteiger partial charge is 0.167 e. The third-order valence-corrected chi connectivity index (χ3v) is 7.63. The minimum Gasteiger partial charge on any atom is -0.393 e. The fourth-order valence-corrected chi connectivity index (χ4v) is 5.80. The average Bonchev–Trinajstić information content (AvgIpc) is 3.25. The van der Waals surface area contributed by atoms with Gasteiger partial charge in [0.2, 0.25) is 0 Å². The van der Waals surface area contributed by atoms with Crippen LogP contribution < -0.4 is 0 Å². The maximum absolute atomic E-state index is 15.2. The largest absolute Gasteiger partial charge is 0.393 e. The molecule has 3 aromatic rings. The summed E-state index contributed by atoms with van der Waals surface area (Å²) in [5, 5.41) is 10.6. The number of aryl methyl sites for hydroxylation is 1. The minimum atomic E-state index is -0.758. The molecule has 2 unspecified atom stereocenters. The van der Waals surface area contributed by atoms with Gasteiger partial charge in [-0.15, -0.1) is 0 Å². The molecule has 1 aliphatic heterocycles. The topological polar surface area (TPSA) is 78.9 Å². The van der Waals surface area contributed by atoms with Gasteiger partial charge >= 0.3 is 0 Å². The lowest BCUT2D eigenvalue weighted by Crippen LogP contribution is -2.37. The number of allylic oxidation sites excluding steroid dienone is 1. The van der Waals surface area contributed by atoms with Gasteiger partial charge in [0.25, 0.3) is 0 Å². The van der Waals surface area contributed by atoms with Crippen LogP contribution in [-0.4, -0.2) is 62.7 Å². The van der Waals surface area contributed by atoms with Crippen LogP contribution in [0.15, 0.2) is 52.5 Å². The van der Waals surface area contributed by atoms with E-state index in [1.807, 2.05) is 38.3 Å². The Balaban J connectivity index is 1.72. The van der Waals surface area contributed by atoms with Crippen molar-refractivity contribution in [2.45, 2.75) is 65.5 Å². The molecule has 208 valence electrons. The molecule has 39 heavy (non-hydrogen) atoms. The van der Waals surface area contributed by atoms with Gasteiger partial charge in [-0.1, -0.05) is 13.0 Å². The Labute approximate surface area is 229 Å². The maximum Gasteiger partial charge on any atom is 0.167 e. The monoisotopic (exact) mass is 536 g/mol.